The van der Waals surface area contributed by atoms with Crippen molar-refractivity contribution < 1.29 is 19.5 Å². The van der Waals surface area contributed by atoms with Crippen molar-refractivity contribution in [3.63, 3.8) is 0 Å². The number of rotatable bonds is 5. The number of ether oxygens (including phenoxy) is 1. The molecule has 13 heavy (non-hydrogen) atoms. The van der Waals surface area contributed by atoms with Crippen molar-refractivity contribution in [1.82, 2.24) is 0 Å². The summed E-state index contributed by atoms with van der Waals surface area (Å²) >= 11 is 1.75. The van der Waals surface area contributed by atoms with Gasteiger partial charge in [0.2, 0.25) is 0 Å². The fourth-order valence-corrected chi connectivity index (χ4v) is 0.914. The Morgan fingerprint density at radius 2 is 2.23 bits per heavy atom. The summed E-state index contributed by atoms with van der Waals surface area (Å²) in [5.41, 5.74) is 0. The third-order valence-corrected chi connectivity index (χ3v) is 2.70. The molecule has 0 amide bonds. The Morgan fingerprint density at radius 3 is 2.62 bits per heavy atom. The Bertz CT molecular complexity index is 197. The van der Waals surface area contributed by atoms with E-state index in [0.29, 0.717) is 0 Å². The first-order valence-electron chi connectivity index (χ1n) is 3.61. The molecule has 76 valence electrons. The second-order valence-electron chi connectivity index (χ2n) is 2.19. The molecule has 0 aliphatic carbocycles. The van der Waals surface area contributed by atoms with Crippen molar-refractivity contribution in [3.8, 4) is 0 Å². The summed E-state index contributed by atoms with van der Waals surface area (Å²) in [7, 11) is 0. The summed E-state index contributed by atoms with van der Waals surface area (Å²) in [6.45, 7) is 3.36. The van der Waals surface area contributed by atoms with Crippen LogP contribution in [0.15, 0.2) is 0 Å². The number of nitrogens with zero attached hydrogens (tertiary/aromatic N) is 1. The van der Waals surface area contributed by atoms with Gasteiger partial charge in [0.1, 0.15) is 10.0 Å². The maximum atomic E-state index is 11.0. The van der Waals surface area contributed by atoms with Gasteiger partial charge in [-0.05, 0) is 13.8 Å². The van der Waals surface area contributed by atoms with Crippen LogP contribution in [0.3, 0.4) is 0 Å². The van der Waals surface area contributed by atoms with Gasteiger partial charge in [0.25, 0.3) is 5.09 Å². The van der Waals surface area contributed by atoms with Crippen molar-refractivity contribution in [3.05, 3.63) is 10.1 Å². The summed E-state index contributed by atoms with van der Waals surface area (Å²) in [6.07, 6.45) is -0.797. The number of halogens is 1. The maximum absolute atomic E-state index is 11.0. The van der Waals surface area contributed by atoms with E-state index in [0.717, 1.165) is 0 Å². The average molecular weight is 303 g/mol. The van der Waals surface area contributed by atoms with Gasteiger partial charge in [-0.1, -0.05) is 22.6 Å². The quantitative estimate of drug-likeness (QED) is 0.248. The highest BCUT2D eigenvalue weighted by Gasteiger charge is 2.25. The smallest absolute Gasteiger partial charge is 0.321 e. The van der Waals surface area contributed by atoms with Crippen LogP contribution in [0.25, 0.3) is 0 Å². The van der Waals surface area contributed by atoms with Gasteiger partial charge in [0.05, 0.1) is 6.61 Å². The molecule has 0 heterocycles. The van der Waals surface area contributed by atoms with E-state index in [9.17, 15) is 14.9 Å². The molecule has 0 aromatic carbocycles. The van der Waals surface area contributed by atoms with E-state index in [-0.39, 0.29) is 6.61 Å². The van der Waals surface area contributed by atoms with Crippen LogP contribution in [0.2, 0.25) is 0 Å². The Hall–Kier alpha value is -0.600. The molecule has 0 bridgehead atoms. The first-order chi connectivity index (χ1) is 5.99. The molecule has 0 aliphatic heterocycles. The van der Waals surface area contributed by atoms with Gasteiger partial charge in [-0.25, -0.2) is 0 Å². The fraction of sp³-hybridized carbons (Fsp3) is 0.833. The van der Waals surface area contributed by atoms with Gasteiger partial charge in [-0.3, -0.25) is 4.79 Å². The SMILES string of the molecule is CCOC(=O)C(I)C(C)O[N+](=O)[O-]. The van der Waals surface area contributed by atoms with E-state index < -0.39 is 21.1 Å². The number of hydrogen-bond acceptors (Lipinski definition) is 5. The van der Waals surface area contributed by atoms with E-state index in [2.05, 4.69) is 9.57 Å². The second-order valence-corrected chi connectivity index (χ2v) is 3.53. The van der Waals surface area contributed by atoms with Gasteiger partial charge in [0, 0.05) is 0 Å². The fourth-order valence-electron chi connectivity index (χ4n) is 0.603. The van der Waals surface area contributed by atoms with Gasteiger partial charge >= 0.3 is 5.97 Å². The molecule has 0 aromatic rings. The number of hydrogen-bond donors (Lipinski definition) is 0. The molecular weight excluding hydrogens is 293 g/mol. The van der Waals surface area contributed by atoms with E-state index in [1.807, 2.05) is 0 Å². The van der Waals surface area contributed by atoms with E-state index in [1.165, 1.54) is 6.92 Å². The average Bonchev–Trinajstić information content (AvgIpc) is 2.02. The number of carbonyl (C=O) groups is 1. The first-order valence-corrected chi connectivity index (χ1v) is 4.85. The van der Waals surface area contributed by atoms with Gasteiger partial charge in [-0.15, -0.1) is 10.1 Å². The normalized spacial score (nSPS) is 14.4. The Kier molecular flexibility index (Phi) is 5.67. The molecule has 6 nitrogen and oxygen atoms in total. The molecule has 0 spiro atoms. The highest BCUT2D eigenvalue weighted by molar-refractivity contribution is 14.1. The van der Waals surface area contributed by atoms with E-state index in [4.69, 9.17) is 0 Å². The zero-order valence-electron chi connectivity index (χ0n) is 7.23. The monoisotopic (exact) mass is 303 g/mol. The molecule has 0 rings (SSSR count). The lowest BCUT2D eigenvalue weighted by atomic mass is 10.3. The number of alkyl halides is 1. The summed E-state index contributed by atoms with van der Waals surface area (Å²) in [5, 5.41) is 9.00. The highest BCUT2D eigenvalue weighted by Crippen LogP contribution is 2.11. The summed E-state index contributed by atoms with van der Waals surface area (Å²) in [6, 6.07) is 0. The minimum Gasteiger partial charge on any atom is -0.465 e. The largest absolute Gasteiger partial charge is 0.465 e. The van der Waals surface area contributed by atoms with Crippen molar-refractivity contribution in [2.75, 3.05) is 6.61 Å². The number of carbonyl (C=O) groups excluding carboxylic acids is 1. The Morgan fingerprint density at radius 1 is 1.69 bits per heavy atom. The lowest BCUT2D eigenvalue weighted by molar-refractivity contribution is -0.766. The standard InChI is InChI=1S/C6H10INO5/c1-3-12-6(9)5(7)4(2)13-8(10)11/h4-5H,3H2,1-2H3. The van der Waals surface area contributed by atoms with Crippen molar-refractivity contribution in [2.45, 2.75) is 23.9 Å². The Labute approximate surface area is 88.8 Å². The topological polar surface area (TPSA) is 78.7 Å². The maximum Gasteiger partial charge on any atom is 0.321 e. The molecule has 0 saturated heterocycles. The van der Waals surface area contributed by atoms with E-state index in [1.54, 1.807) is 29.5 Å². The predicted molar refractivity (Wildman–Crippen MR) is 52.0 cm³/mol. The van der Waals surface area contributed by atoms with Gasteiger partial charge < -0.3 is 9.57 Å². The van der Waals surface area contributed by atoms with Crippen LogP contribution in [0, 0.1) is 10.1 Å². The minimum absolute atomic E-state index is 0.253. The zero-order valence-corrected chi connectivity index (χ0v) is 9.39. The Balaban J connectivity index is 4.00. The third-order valence-electron chi connectivity index (χ3n) is 1.18. The summed E-state index contributed by atoms with van der Waals surface area (Å²) in [5.74, 6) is -0.502. The van der Waals surface area contributed by atoms with Crippen LogP contribution in [0.4, 0.5) is 0 Å². The minimum atomic E-state index is -0.921. The molecule has 0 saturated carbocycles. The molecular formula is C6H10INO5. The van der Waals surface area contributed by atoms with Crippen LogP contribution >= 0.6 is 22.6 Å². The van der Waals surface area contributed by atoms with Crippen LogP contribution in [0.1, 0.15) is 13.8 Å². The third kappa shape index (κ3) is 4.86. The molecule has 0 aromatic heterocycles. The second kappa shape index (κ2) is 5.95. The van der Waals surface area contributed by atoms with Crippen LogP contribution in [-0.4, -0.2) is 27.7 Å². The van der Waals surface area contributed by atoms with Crippen molar-refractivity contribution in [1.29, 1.82) is 0 Å². The molecule has 2 unspecified atom stereocenters. The molecule has 7 heteroatoms. The molecule has 0 fully saturated rings. The molecule has 2 atom stereocenters. The van der Waals surface area contributed by atoms with Crippen LogP contribution < -0.4 is 0 Å². The van der Waals surface area contributed by atoms with Crippen LogP contribution in [0.5, 0.6) is 0 Å². The zero-order chi connectivity index (χ0) is 10.4. The van der Waals surface area contributed by atoms with Gasteiger partial charge in [-0.2, -0.15) is 0 Å². The van der Waals surface area contributed by atoms with Gasteiger partial charge in [0.15, 0.2) is 0 Å². The summed E-state index contributed by atoms with van der Waals surface area (Å²) < 4.78 is 3.99. The molecule has 0 N–H and O–H groups in total. The predicted octanol–water partition coefficient (Wildman–Crippen LogP) is 0.950. The first kappa shape index (κ1) is 12.4. The molecule has 0 aliphatic rings. The lowest BCUT2D eigenvalue weighted by Crippen LogP contribution is -2.31. The molecule has 0 radical (unpaired) electrons. The lowest BCUT2D eigenvalue weighted by Gasteiger charge is -2.14. The highest BCUT2D eigenvalue weighted by atomic mass is 127. The van der Waals surface area contributed by atoms with E-state index >= 15 is 0 Å². The summed E-state index contributed by atoms with van der Waals surface area (Å²) in [4.78, 5) is 25.1. The van der Waals surface area contributed by atoms with Crippen LogP contribution in [-0.2, 0) is 14.4 Å². The van der Waals surface area contributed by atoms with Crippen molar-refractivity contribution >= 4 is 28.6 Å². The number of esters is 1. The van der Waals surface area contributed by atoms with Crippen molar-refractivity contribution in [2.24, 2.45) is 0 Å².